The second-order valence-corrected chi connectivity index (χ2v) is 7.70. The molecule has 1 aliphatic heterocycles. The van der Waals surface area contributed by atoms with Crippen LogP contribution in [-0.4, -0.2) is 38.9 Å². The Kier molecular flexibility index (Phi) is 7.75. The summed E-state index contributed by atoms with van der Waals surface area (Å²) in [5.41, 5.74) is 3.62. The lowest BCUT2D eigenvalue weighted by atomic mass is 9.72. The van der Waals surface area contributed by atoms with Gasteiger partial charge in [-0.15, -0.1) is 6.42 Å². The first kappa shape index (κ1) is 21.7. The lowest BCUT2D eigenvalue weighted by Crippen LogP contribution is -2.48. The summed E-state index contributed by atoms with van der Waals surface area (Å²) < 4.78 is 11.0. The van der Waals surface area contributed by atoms with Gasteiger partial charge in [0, 0.05) is 31.7 Å². The monoisotopic (exact) mass is 406 g/mol. The second kappa shape index (κ2) is 10.7. The van der Waals surface area contributed by atoms with E-state index in [0.29, 0.717) is 13.1 Å². The maximum absolute atomic E-state index is 12.4. The van der Waals surface area contributed by atoms with Gasteiger partial charge in [0.2, 0.25) is 0 Å². The van der Waals surface area contributed by atoms with Gasteiger partial charge < -0.3 is 20.1 Å². The standard InChI is InChI=1S/C25H30N2O3/c1-3-16-30-22-10-8-21(9-11-22)12-15-26-24(28)27-19-25(13-17-29-18-14-25)23-7-5-4-6-20(23)2/h1,4-11H,12-19H2,2H3,(H2,26,27,28). The lowest BCUT2D eigenvalue weighted by molar-refractivity contribution is 0.0505. The van der Waals surface area contributed by atoms with Crippen LogP contribution in [0.3, 0.4) is 0 Å². The van der Waals surface area contributed by atoms with Gasteiger partial charge in [0.15, 0.2) is 0 Å². The molecule has 0 saturated carbocycles. The number of carbonyl (C=O) groups is 1. The van der Waals surface area contributed by atoms with E-state index in [4.69, 9.17) is 15.9 Å². The molecule has 3 rings (SSSR count). The molecule has 0 aliphatic carbocycles. The lowest BCUT2D eigenvalue weighted by Gasteiger charge is -2.39. The normalized spacial score (nSPS) is 15.1. The number of terminal acetylenes is 1. The largest absolute Gasteiger partial charge is 0.481 e. The minimum atomic E-state index is -0.136. The Bertz CT molecular complexity index is 865. The molecule has 30 heavy (non-hydrogen) atoms. The minimum Gasteiger partial charge on any atom is -0.481 e. The molecule has 0 spiro atoms. The summed E-state index contributed by atoms with van der Waals surface area (Å²) in [4.78, 5) is 12.4. The third kappa shape index (κ3) is 5.77. The number of amides is 2. The zero-order valence-corrected chi connectivity index (χ0v) is 17.6. The molecule has 2 aromatic carbocycles. The van der Waals surface area contributed by atoms with Crippen LogP contribution in [0.2, 0.25) is 0 Å². The first-order chi connectivity index (χ1) is 14.6. The van der Waals surface area contributed by atoms with Crippen LogP contribution >= 0.6 is 0 Å². The van der Waals surface area contributed by atoms with Gasteiger partial charge in [0.1, 0.15) is 12.4 Å². The van der Waals surface area contributed by atoms with Crippen molar-refractivity contribution in [1.29, 1.82) is 0 Å². The molecule has 2 N–H and O–H groups in total. The molecule has 0 unspecified atom stereocenters. The van der Waals surface area contributed by atoms with Gasteiger partial charge in [-0.1, -0.05) is 42.3 Å². The van der Waals surface area contributed by atoms with Crippen LogP contribution in [0.4, 0.5) is 4.79 Å². The van der Waals surface area contributed by atoms with Crippen molar-refractivity contribution in [3.8, 4) is 18.1 Å². The highest BCUT2D eigenvalue weighted by molar-refractivity contribution is 5.74. The quantitative estimate of drug-likeness (QED) is 0.659. The number of carbonyl (C=O) groups excluding carboxylic acids is 1. The van der Waals surface area contributed by atoms with Crippen LogP contribution in [0.5, 0.6) is 5.75 Å². The number of hydrogen-bond donors (Lipinski definition) is 2. The Hall–Kier alpha value is -2.97. The first-order valence-corrected chi connectivity index (χ1v) is 10.4. The summed E-state index contributed by atoms with van der Waals surface area (Å²) in [6.07, 6.45) is 7.76. The molecule has 0 aromatic heterocycles. The van der Waals surface area contributed by atoms with Gasteiger partial charge >= 0.3 is 6.03 Å². The van der Waals surface area contributed by atoms with Crippen LogP contribution in [0, 0.1) is 19.3 Å². The number of ether oxygens (including phenoxy) is 2. The number of benzene rings is 2. The van der Waals surface area contributed by atoms with Gasteiger partial charge in [-0.25, -0.2) is 4.79 Å². The molecule has 1 fully saturated rings. The summed E-state index contributed by atoms with van der Waals surface area (Å²) in [6, 6.07) is 16.1. The summed E-state index contributed by atoms with van der Waals surface area (Å²) in [7, 11) is 0. The van der Waals surface area contributed by atoms with Gasteiger partial charge in [-0.2, -0.15) is 0 Å². The van der Waals surface area contributed by atoms with Crippen LogP contribution in [-0.2, 0) is 16.6 Å². The van der Waals surface area contributed by atoms with E-state index in [9.17, 15) is 4.79 Å². The van der Waals surface area contributed by atoms with Gasteiger partial charge in [-0.05, 0) is 55.0 Å². The van der Waals surface area contributed by atoms with Crippen molar-refractivity contribution < 1.29 is 14.3 Å². The van der Waals surface area contributed by atoms with Crippen molar-refractivity contribution in [2.24, 2.45) is 0 Å². The first-order valence-electron chi connectivity index (χ1n) is 10.4. The fourth-order valence-electron chi connectivity index (χ4n) is 3.98. The van der Waals surface area contributed by atoms with Crippen LogP contribution in [0.15, 0.2) is 48.5 Å². The topological polar surface area (TPSA) is 59.6 Å². The van der Waals surface area contributed by atoms with E-state index in [1.54, 1.807) is 0 Å². The van der Waals surface area contributed by atoms with Crippen LogP contribution in [0.1, 0.15) is 29.5 Å². The van der Waals surface area contributed by atoms with E-state index < -0.39 is 0 Å². The van der Waals surface area contributed by atoms with E-state index in [1.807, 2.05) is 24.3 Å². The van der Waals surface area contributed by atoms with Gasteiger partial charge in [0.05, 0.1) is 0 Å². The Morgan fingerprint density at radius 2 is 1.87 bits per heavy atom. The Morgan fingerprint density at radius 1 is 1.13 bits per heavy atom. The molecule has 1 saturated heterocycles. The highest BCUT2D eigenvalue weighted by Gasteiger charge is 2.35. The zero-order chi connectivity index (χ0) is 21.2. The molecule has 2 aromatic rings. The van der Waals surface area contributed by atoms with E-state index in [0.717, 1.165) is 43.8 Å². The zero-order valence-electron chi connectivity index (χ0n) is 17.6. The maximum Gasteiger partial charge on any atom is 0.314 e. The molecule has 0 atom stereocenters. The molecule has 2 amide bonds. The number of aryl methyl sites for hydroxylation is 1. The molecule has 0 bridgehead atoms. The second-order valence-electron chi connectivity index (χ2n) is 7.70. The summed E-state index contributed by atoms with van der Waals surface area (Å²) >= 11 is 0. The van der Waals surface area contributed by atoms with E-state index in [-0.39, 0.29) is 18.1 Å². The van der Waals surface area contributed by atoms with Gasteiger partial charge in [-0.3, -0.25) is 0 Å². The minimum absolute atomic E-state index is 0.0743. The van der Waals surface area contributed by atoms with Crippen LogP contribution < -0.4 is 15.4 Å². The predicted molar refractivity (Wildman–Crippen MR) is 119 cm³/mol. The molecule has 1 heterocycles. The van der Waals surface area contributed by atoms with E-state index >= 15 is 0 Å². The average molecular weight is 407 g/mol. The summed E-state index contributed by atoms with van der Waals surface area (Å²) in [6.45, 7) is 5.01. The third-order valence-electron chi connectivity index (χ3n) is 5.70. The van der Waals surface area contributed by atoms with Crippen molar-refractivity contribution in [3.05, 3.63) is 65.2 Å². The summed E-state index contributed by atoms with van der Waals surface area (Å²) in [5, 5.41) is 6.06. The van der Waals surface area contributed by atoms with Crippen molar-refractivity contribution in [1.82, 2.24) is 10.6 Å². The molecular formula is C25H30N2O3. The van der Waals surface area contributed by atoms with Crippen molar-refractivity contribution >= 4 is 6.03 Å². The molecule has 158 valence electrons. The highest BCUT2D eigenvalue weighted by Crippen LogP contribution is 2.36. The molecule has 1 aliphatic rings. The van der Waals surface area contributed by atoms with Crippen molar-refractivity contribution in [2.45, 2.75) is 31.6 Å². The Labute approximate surface area is 179 Å². The highest BCUT2D eigenvalue weighted by atomic mass is 16.5. The number of urea groups is 1. The number of rotatable bonds is 8. The summed E-state index contributed by atoms with van der Waals surface area (Å²) in [5.74, 6) is 3.20. The average Bonchev–Trinajstić information content (AvgIpc) is 2.78. The molecular weight excluding hydrogens is 376 g/mol. The fraction of sp³-hybridized carbons (Fsp3) is 0.400. The van der Waals surface area contributed by atoms with Gasteiger partial charge in [0.25, 0.3) is 0 Å². The predicted octanol–water partition coefficient (Wildman–Crippen LogP) is 3.60. The number of hydrogen-bond acceptors (Lipinski definition) is 3. The maximum atomic E-state index is 12.4. The van der Waals surface area contributed by atoms with Crippen molar-refractivity contribution in [2.75, 3.05) is 32.9 Å². The Balaban J connectivity index is 1.49. The molecule has 0 radical (unpaired) electrons. The Morgan fingerprint density at radius 3 is 2.57 bits per heavy atom. The van der Waals surface area contributed by atoms with E-state index in [2.05, 4.69) is 47.7 Å². The molecule has 5 heteroatoms. The smallest absolute Gasteiger partial charge is 0.314 e. The number of nitrogens with one attached hydrogen (secondary N) is 2. The van der Waals surface area contributed by atoms with E-state index in [1.165, 1.54) is 11.1 Å². The van der Waals surface area contributed by atoms with Crippen LogP contribution in [0.25, 0.3) is 0 Å². The SMILES string of the molecule is C#CCOc1ccc(CCNC(=O)NCC2(c3ccccc3C)CCOCC2)cc1. The fourth-order valence-corrected chi connectivity index (χ4v) is 3.98. The third-order valence-corrected chi connectivity index (χ3v) is 5.70. The van der Waals surface area contributed by atoms with Crippen molar-refractivity contribution in [3.63, 3.8) is 0 Å². The molecule has 5 nitrogen and oxygen atoms in total.